The lowest BCUT2D eigenvalue weighted by molar-refractivity contribution is -0.384. The Hall–Kier alpha value is -1.62. The highest BCUT2D eigenvalue weighted by Gasteiger charge is 2.27. The van der Waals surface area contributed by atoms with Crippen molar-refractivity contribution in [1.29, 1.82) is 0 Å². The highest BCUT2D eigenvalue weighted by Crippen LogP contribution is 2.26. The molecule has 0 spiro atoms. The normalized spacial score (nSPS) is 17.6. The number of benzene rings is 1. The van der Waals surface area contributed by atoms with Crippen LogP contribution < -0.4 is 0 Å². The van der Waals surface area contributed by atoms with Crippen LogP contribution in [0.15, 0.2) is 18.2 Å². The smallest absolute Gasteiger partial charge is 0.269 e. The number of nitro benzene ring substituents is 1. The largest absolute Gasteiger partial charge is 0.339 e. The summed E-state index contributed by atoms with van der Waals surface area (Å²) in [5, 5.41) is 10.9. The summed E-state index contributed by atoms with van der Waals surface area (Å²) in [5.41, 5.74) is 1.19. The molecule has 1 fully saturated rings. The molecule has 2 rings (SSSR count). The number of carbonyl (C=O) groups excluding carboxylic acids is 1. The van der Waals surface area contributed by atoms with Crippen LogP contribution >= 0.6 is 11.6 Å². The van der Waals surface area contributed by atoms with Crippen molar-refractivity contribution in [2.24, 2.45) is 5.92 Å². The van der Waals surface area contributed by atoms with Gasteiger partial charge in [0.15, 0.2) is 0 Å². The van der Waals surface area contributed by atoms with E-state index in [1.54, 1.807) is 13.0 Å². The first-order valence-corrected chi connectivity index (χ1v) is 7.52. The first-order chi connectivity index (χ1) is 9.90. The summed E-state index contributed by atoms with van der Waals surface area (Å²) in [5.74, 6) is 0.400. The Balaban J connectivity index is 2.09. The first-order valence-electron chi connectivity index (χ1n) is 7.08. The first kappa shape index (κ1) is 15.8. The zero-order valence-corrected chi connectivity index (χ0v) is 13.0. The molecule has 21 heavy (non-hydrogen) atoms. The molecule has 1 aromatic carbocycles. The molecule has 1 heterocycles. The van der Waals surface area contributed by atoms with E-state index < -0.39 is 4.92 Å². The number of alkyl halides is 1. The van der Waals surface area contributed by atoms with Crippen molar-refractivity contribution in [3.63, 3.8) is 0 Å². The van der Waals surface area contributed by atoms with Gasteiger partial charge in [-0.3, -0.25) is 14.9 Å². The minimum absolute atomic E-state index is 0.0127. The lowest BCUT2D eigenvalue weighted by Gasteiger charge is -2.33. The summed E-state index contributed by atoms with van der Waals surface area (Å²) >= 11 is 6.11. The van der Waals surface area contributed by atoms with Gasteiger partial charge in [-0.1, -0.05) is 0 Å². The van der Waals surface area contributed by atoms with Gasteiger partial charge >= 0.3 is 0 Å². The number of hydrogen-bond acceptors (Lipinski definition) is 3. The number of non-ortho nitro benzene ring substituents is 1. The number of nitrogens with zero attached hydrogens (tertiary/aromatic N) is 2. The van der Waals surface area contributed by atoms with Crippen molar-refractivity contribution in [3.05, 3.63) is 39.4 Å². The fourth-order valence-corrected chi connectivity index (χ4v) is 2.99. The molecule has 0 bridgehead atoms. The summed E-state index contributed by atoms with van der Waals surface area (Å²) in [6.45, 7) is 5.10. The summed E-state index contributed by atoms with van der Waals surface area (Å²) < 4.78 is 0. The lowest BCUT2D eigenvalue weighted by Crippen LogP contribution is -2.40. The molecule has 1 aliphatic rings. The van der Waals surface area contributed by atoms with E-state index in [0.29, 0.717) is 30.1 Å². The minimum atomic E-state index is -0.450. The number of likely N-dealkylation sites (tertiary alicyclic amines) is 1. The van der Waals surface area contributed by atoms with Crippen molar-refractivity contribution in [2.45, 2.75) is 32.1 Å². The second-order valence-corrected chi connectivity index (χ2v) is 6.25. The van der Waals surface area contributed by atoms with Crippen LogP contribution in [0, 0.1) is 23.0 Å². The van der Waals surface area contributed by atoms with Gasteiger partial charge in [0.2, 0.25) is 0 Å². The van der Waals surface area contributed by atoms with Crippen molar-refractivity contribution in [3.8, 4) is 0 Å². The molecule has 0 aromatic heterocycles. The fraction of sp³-hybridized carbons (Fsp3) is 0.533. The molecular weight excluding hydrogens is 292 g/mol. The summed E-state index contributed by atoms with van der Waals surface area (Å²) in [6, 6.07) is 4.38. The number of rotatable bonds is 3. The van der Waals surface area contributed by atoms with Gasteiger partial charge in [-0.05, 0) is 44.2 Å². The molecule has 1 amide bonds. The number of halogens is 1. The second-order valence-electron chi connectivity index (χ2n) is 5.56. The van der Waals surface area contributed by atoms with Crippen molar-refractivity contribution >= 4 is 23.2 Å². The van der Waals surface area contributed by atoms with E-state index in [-0.39, 0.29) is 17.0 Å². The molecule has 5 nitrogen and oxygen atoms in total. The van der Waals surface area contributed by atoms with E-state index in [4.69, 9.17) is 11.6 Å². The molecule has 1 unspecified atom stereocenters. The average Bonchev–Trinajstić information content (AvgIpc) is 2.46. The van der Waals surface area contributed by atoms with Gasteiger partial charge in [0.05, 0.1) is 4.92 Å². The van der Waals surface area contributed by atoms with Crippen molar-refractivity contribution < 1.29 is 9.72 Å². The van der Waals surface area contributed by atoms with E-state index in [1.165, 1.54) is 12.1 Å². The molecular formula is C15H19ClN2O3. The quantitative estimate of drug-likeness (QED) is 0.488. The monoisotopic (exact) mass is 310 g/mol. The SMILES string of the molecule is Cc1cc([N+](=O)[O-])ccc1C(=O)N1CCC(C(C)Cl)CC1. The molecule has 0 N–H and O–H groups in total. The van der Waals surface area contributed by atoms with Crippen LogP contribution in [0.1, 0.15) is 35.7 Å². The Morgan fingerprint density at radius 2 is 2.05 bits per heavy atom. The van der Waals surface area contributed by atoms with Crippen LogP contribution in [0.3, 0.4) is 0 Å². The van der Waals surface area contributed by atoms with Crippen LogP contribution in [0.2, 0.25) is 0 Å². The Labute approximate surface area is 129 Å². The number of carbonyl (C=O) groups is 1. The van der Waals surface area contributed by atoms with E-state index in [2.05, 4.69) is 0 Å². The number of amides is 1. The lowest BCUT2D eigenvalue weighted by atomic mass is 9.93. The van der Waals surface area contributed by atoms with Gasteiger partial charge in [-0.15, -0.1) is 11.6 Å². The highest BCUT2D eigenvalue weighted by molar-refractivity contribution is 6.20. The van der Waals surface area contributed by atoms with Crippen LogP contribution in [-0.2, 0) is 0 Å². The third-order valence-electron chi connectivity index (χ3n) is 4.13. The maximum Gasteiger partial charge on any atom is 0.269 e. The Kier molecular flexibility index (Phi) is 4.83. The molecule has 114 valence electrons. The number of aryl methyl sites for hydroxylation is 1. The molecule has 1 aromatic rings. The molecule has 1 atom stereocenters. The molecule has 0 aliphatic carbocycles. The Morgan fingerprint density at radius 3 is 2.52 bits per heavy atom. The van der Waals surface area contributed by atoms with E-state index >= 15 is 0 Å². The molecule has 0 saturated carbocycles. The predicted molar refractivity (Wildman–Crippen MR) is 81.8 cm³/mol. The van der Waals surface area contributed by atoms with Gasteiger partial charge in [-0.2, -0.15) is 0 Å². The third-order valence-corrected chi connectivity index (χ3v) is 4.48. The summed E-state index contributed by atoms with van der Waals surface area (Å²) in [7, 11) is 0. The molecule has 1 aliphatic heterocycles. The maximum atomic E-state index is 12.5. The Morgan fingerprint density at radius 1 is 1.43 bits per heavy atom. The molecule has 1 saturated heterocycles. The zero-order chi connectivity index (χ0) is 15.6. The Bertz CT molecular complexity index is 552. The summed E-state index contributed by atoms with van der Waals surface area (Å²) in [4.78, 5) is 24.6. The number of piperidine rings is 1. The van der Waals surface area contributed by atoms with Gasteiger partial charge in [0, 0.05) is 36.2 Å². The van der Waals surface area contributed by atoms with E-state index in [9.17, 15) is 14.9 Å². The van der Waals surface area contributed by atoms with Crippen molar-refractivity contribution in [2.75, 3.05) is 13.1 Å². The third kappa shape index (κ3) is 3.53. The molecule has 0 radical (unpaired) electrons. The summed E-state index contributed by atoms with van der Waals surface area (Å²) in [6.07, 6.45) is 1.81. The van der Waals surface area contributed by atoms with Crippen LogP contribution in [0.5, 0.6) is 0 Å². The topological polar surface area (TPSA) is 63.5 Å². The van der Waals surface area contributed by atoms with Gasteiger partial charge in [-0.25, -0.2) is 0 Å². The minimum Gasteiger partial charge on any atom is -0.339 e. The van der Waals surface area contributed by atoms with Gasteiger partial charge < -0.3 is 4.90 Å². The average molecular weight is 311 g/mol. The fourth-order valence-electron chi connectivity index (χ4n) is 2.73. The number of hydrogen-bond donors (Lipinski definition) is 0. The van der Waals surface area contributed by atoms with E-state index in [0.717, 1.165) is 12.8 Å². The van der Waals surface area contributed by atoms with Crippen LogP contribution in [0.4, 0.5) is 5.69 Å². The maximum absolute atomic E-state index is 12.5. The van der Waals surface area contributed by atoms with Crippen molar-refractivity contribution in [1.82, 2.24) is 4.90 Å². The molecule has 6 heteroatoms. The van der Waals surface area contributed by atoms with Crippen LogP contribution in [0.25, 0.3) is 0 Å². The van der Waals surface area contributed by atoms with Gasteiger partial charge in [0.1, 0.15) is 0 Å². The highest BCUT2D eigenvalue weighted by atomic mass is 35.5. The number of nitro groups is 1. The predicted octanol–water partition coefficient (Wildman–Crippen LogP) is 3.38. The zero-order valence-electron chi connectivity index (χ0n) is 12.2. The second kappa shape index (κ2) is 6.43. The standard InChI is InChI=1S/C15H19ClN2O3/c1-10-9-13(18(20)21)3-4-14(10)15(19)17-7-5-12(6-8-17)11(2)16/h3-4,9,11-12H,5-8H2,1-2H3. The van der Waals surface area contributed by atoms with E-state index in [1.807, 2.05) is 11.8 Å². The van der Waals surface area contributed by atoms with Crippen LogP contribution in [-0.4, -0.2) is 34.2 Å². The van der Waals surface area contributed by atoms with Gasteiger partial charge in [0.25, 0.3) is 11.6 Å².